The molecule has 1 atom stereocenters. The zero-order valence-corrected chi connectivity index (χ0v) is 13.6. The van der Waals surface area contributed by atoms with E-state index in [1.807, 2.05) is 11.0 Å². The van der Waals surface area contributed by atoms with E-state index in [-0.39, 0.29) is 11.3 Å². The second kappa shape index (κ2) is 5.69. The number of hydrogen-bond acceptors (Lipinski definition) is 2. The van der Waals surface area contributed by atoms with E-state index in [1.54, 1.807) is 12.3 Å². The zero-order valence-electron chi connectivity index (χ0n) is 13.6. The molecule has 0 bridgehead atoms. The molecule has 3 fully saturated rings. The van der Waals surface area contributed by atoms with Crippen LogP contribution >= 0.6 is 0 Å². The molecule has 5 heteroatoms. The molecule has 124 valence electrons. The van der Waals surface area contributed by atoms with Gasteiger partial charge < -0.3 is 14.8 Å². The second-order valence-corrected chi connectivity index (χ2v) is 7.38. The van der Waals surface area contributed by atoms with Gasteiger partial charge in [0, 0.05) is 31.9 Å². The second-order valence-electron chi connectivity index (χ2n) is 7.38. The van der Waals surface area contributed by atoms with Crippen LogP contribution in [0.15, 0.2) is 18.3 Å². The SMILES string of the molecule is O=C(c1ccc[nH]1)N1CCC2(CCCN(C3CCCC3)C2=O)C1. The van der Waals surface area contributed by atoms with E-state index in [9.17, 15) is 9.59 Å². The Morgan fingerprint density at radius 1 is 1.17 bits per heavy atom. The lowest BCUT2D eigenvalue weighted by Crippen LogP contribution is -2.53. The number of H-pyrrole nitrogens is 1. The van der Waals surface area contributed by atoms with Crippen LogP contribution in [0.25, 0.3) is 0 Å². The topological polar surface area (TPSA) is 56.4 Å². The third-order valence-corrected chi connectivity index (χ3v) is 6.00. The molecule has 23 heavy (non-hydrogen) atoms. The molecule has 3 heterocycles. The number of aromatic nitrogens is 1. The molecule has 1 aliphatic carbocycles. The average Bonchev–Trinajstić information content (AvgIpc) is 3.32. The number of rotatable bonds is 2. The molecule has 1 aromatic heterocycles. The molecule has 0 aromatic carbocycles. The van der Waals surface area contributed by atoms with Crippen molar-refractivity contribution in [2.24, 2.45) is 5.41 Å². The van der Waals surface area contributed by atoms with Gasteiger partial charge in [0.25, 0.3) is 5.91 Å². The summed E-state index contributed by atoms with van der Waals surface area (Å²) in [5.41, 5.74) is 0.307. The lowest BCUT2D eigenvalue weighted by molar-refractivity contribution is -0.148. The summed E-state index contributed by atoms with van der Waals surface area (Å²) in [6, 6.07) is 4.10. The van der Waals surface area contributed by atoms with Gasteiger partial charge in [-0.15, -0.1) is 0 Å². The van der Waals surface area contributed by atoms with Crippen molar-refractivity contribution < 1.29 is 9.59 Å². The van der Waals surface area contributed by atoms with Crippen LogP contribution in [0, 0.1) is 5.41 Å². The standard InChI is InChI=1S/C18H25N3O2/c22-16(15-7-3-10-19-15)20-12-9-18(13-20)8-4-11-21(17(18)23)14-5-1-2-6-14/h3,7,10,14,19H,1-2,4-6,8-9,11-13H2. The van der Waals surface area contributed by atoms with Crippen LogP contribution in [0.1, 0.15) is 55.4 Å². The van der Waals surface area contributed by atoms with Gasteiger partial charge >= 0.3 is 0 Å². The van der Waals surface area contributed by atoms with Crippen molar-refractivity contribution in [2.45, 2.75) is 51.0 Å². The zero-order chi connectivity index (χ0) is 15.9. The summed E-state index contributed by atoms with van der Waals surface area (Å²) in [4.78, 5) is 32.7. The van der Waals surface area contributed by atoms with Crippen molar-refractivity contribution in [1.82, 2.24) is 14.8 Å². The highest BCUT2D eigenvalue weighted by Gasteiger charge is 2.50. The third kappa shape index (κ3) is 2.46. The Labute approximate surface area is 137 Å². The lowest BCUT2D eigenvalue weighted by Gasteiger charge is -2.42. The van der Waals surface area contributed by atoms with Crippen LogP contribution in [0.5, 0.6) is 0 Å². The van der Waals surface area contributed by atoms with E-state index in [0.717, 1.165) is 38.6 Å². The minimum atomic E-state index is -0.316. The highest BCUT2D eigenvalue weighted by molar-refractivity contribution is 5.94. The first-order chi connectivity index (χ1) is 11.2. The number of amides is 2. The maximum Gasteiger partial charge on any atom is 0.270 e. The van der Waals surface area contributed by atoms with Crippen molar-refractivity contribution >= 4 is 11.8 Å². The minimum absolute atomic E-state index is 0.0256. The quantitative estimate of drug-likeness (QED) is 0.911. The Hall–Kier alpha value is -1.78. The normalized spacial score (nSPS) is 29.0. The van der Waals surface area contributed by atoms with Crippen LogP contribution in [0.2, 0.25) is 0 Å². The monoisotopic (exact) mass is 315 g/mol. The molecule has 1 spiro atoms. The number of nitrogens with zero attached hydrogens (tertiary/aromatic N) is 2. The number of likely N-dealkylation sites (tertiary alicyclic amines) is 2. The van der Waals surface area contributed by atoms with Crippen LogP contribution in [-0.2, 0) is 4.79 Å². The number of hydrogen-bond donors (Lipinski definition) is 1. The predicted octanol–water partition coefficient (Wildman–Crippen LogP) is 2.41. The van der Waals surface area contributed by atoms with E-state index >= 15 is 0 Å². The van der Waals surface area contributed by atoms with Crippen molar-refractivity contribution in [3.63, 3.8) is 0 Å². The van der Waals surface area contributed by atoms with Crippen LogP contribution in [-0.4, -0.2) is 52.3 Å². The fourth-order valence-electron chi connectivity index (χ4n) is 4.72. The molecule has 1 aromatic rings. The Balaban J connectivity index is 1.50. The summed E-state index contributed by atoms with van der Waals surface area (Å²) < 4.78 is 0. The molecule has 2 amide bonds. The minimum Gasteiger partial charge on any atom is -0.357 e. The van der Waals surface area contributed by atoms with Gasteiger partial charge in [0.1, 0.15) is 5.69 Å². The summed E-state index contributed by atoms with van der Waals surface area (Å²) in [6.07, 6.45) is 9.42. The van der Waals surface area contributed by atoms with Gasteiger partial charge in [-0.2, -0.15) is 0 Å². The molecule has 1 saturated carbocycles. The van der Waals surface area contributed by atoms with Crippen LogP contribution < -0.4 is 0 Å². The molecule has 1 unspecified atom stereocenters. The first kappa shape index (κ1) is 14.8. The van der Waals surface area contributed by atoms with Crippen molar-refractivity contribution in [2.75, 3.05) is 19.6 Å². The maximum atomic E-state index is 13.2. The molecule has 2 saturated heterocycles. The Morgan fingerprint density at radius 2 is 2.00 bits per heavy atom. The molecule has 4 rings (SSSR count). The fraction of sp³-hybridized carbons (Fsp3) is 0.667. The van der Waals surface area contributed by atoms with E-state index in [4.69, 9.17) is 0 Å². The highest BCUT2D eigenvalue weighted by Crippen LogP contribution is 2.42. The smallest absolute Gasteiger partial charge is 0.270 e. The number of piperidine rings is 1. The van der Waals surface area contributed by atoms with Gasteiger partial charge in [-0.25, -0.2) is 0 Å². The molecule has 0 radical (unpaired) electrons. The van der Waals surface area contributed by atoms with Gasteiger partial charge in [-0.3, -0.25) is 9.59 Å². The van der Waals surface area contributed by atoms with Crippen molar-refractivity contribution in [3.8, 4) is 0 Å². The third-order valence-electron chi connectivity index (χ3n) is 6.00. The average molecular weight is 315 g/mol. The summed E-state index contributed by atoms with van der Waals surface area (Å²) in [5, 5.41) is 0. The molecule has 3 aliphatic rings. The Morgan fingerprint density at radius 3 is 2.74 bits per heavy atom. The van der Waals surface area contributed by atoms with Gasteiger partial charge in [0.2, 0.25) is 5.91 Å². The fourth-order valence-corrected chi connectivity index (χ4v) is 4.72. The summed E-state index contributed by atoms with van der Waals surface area (Å²) >= 11 is 0. The van der Waals surface area contributed by atoms with Crippen LogP contribution in [0.4, 0.5) is 0 Å². The number of carbonyl (C=O) groups is 2. The summed E-state index contributed by atoms with van der Waals surface area (Å²) in [5.74, 6) is 0.343. The summed E-state index contributed by atoms with van der Waals surface area (Å²) in [7, 11) is 0. The van der Waals surface area contributed by atoms with Crippen molar-refractivity contribution in [3.05, 3.63) is 24.0 Å². The Kier molecular flexibility index (Phi) is 3.66. The summed E-state index contributed by atoms with van der Waals surface area (Å²) in [6.45, 7) is 2.20. The molecule has 1 N–H and O–H groups in total. The molecular weight excluding hydrogens is 290 g/mol. The van der Waals surface area contributed by atoms with Gasteiger partial charge in [0.15, 0.2) is 0 Å². The van der Waals surface area contributed by atoms with Gasteiger partial charge in [-0.1, -0.05) is 12.8 Å². The molecule has 5 nitrogen and oxygen atoms in total. The molecule has 2 aliphatic heterocycles. The predicted molar refractivity (Wildman–Crippen MR) is 86.9 cm³/mol. The van der Waals surface area contributed by atoms with E-state index in [0.29, 0.717) is 30.7 Å². The largest absolute Gasteiger partial charge is 0.357 e. The number of carbonyl (C=O) groups excluding carboxylic acids is 2. The van der Waals surface area contributed by atoms with Crippen molar-refractivity contribution in [1.29, 1.82) is 0 Å². The number of nitrogens with one attached hydrogen (secondary N) is 1. The lowest BCUT2D eigenvalue weighted by atomic mass is 9.77. The number of aromatic amines is 1. The van der Waals surface area contributed by atoms with E-state index < -0.39 is 0 Å². The van der Waals surface area contributed by atoms with Crippen LogP contribution in [0.3, 0.4) is 0 Å². The maximum absolute atomic E-state index is 13.2. The molecular formula is C18H25N3O2. The Bertz CT molecular complexity index is 591. The van der Waals surface area contributed by atoms with Gasteiger partial charge in [-0.05, 0) is 44.2 Å². The van der Waals surface area contributed by atoms with Gasteiger partial charge in [0.05, 0.1) is 5.41 Å². The van der Waals surface area contributed by atoms with E-state index in [1.165, 1.54) is 12.8 Å². The first-order valence-corrected chi connectivity index (χ1v) is 8.93. The highest BCUT2D eigenvalue weighted by atomic mass is 16.2. The first-order valence-electron chi connectivity index (χ1n) is 8.93. The van der Waals surface area contributed by atoms with E-state index in [2.05, 4.69) is 9.88 Å².